The Morgan fingerprint density at radius 1 is 1.11 bits per heavy atom. The van der Waals surface area contributed by atoms with Gasteiger partial charge in [-0.25, -0.2) is 9.13 Å². The molecule has 0 radical (unpaired) electrons. The van der Waals surface area contributed by atoms with E-state index >= 15 is 0 Å². The zero-order chi connectivity index (χ0) is 14.6. The second kappa shape index (κ2) is 6.83. The van der Waals surface area contributed by atoms with Crippen molar-refractivity contribution in [3.05, 3.63) is 0 Å². The van der Waals surface area contributed by atoms with Gasteiger partial charge in [0.25, 0.3) is 0 Å². The van der Waals surface area contributed by atoms with E-state index in [9.17, 15) is 19.0 Å². The van der Waals surface area contributed by atoms with Gasteiger partial charge in [-0.2, -0.15) is 0 Å². The van der Waals surface area contributed by atoms with Crippen LogP contribution in [0.2, 0.25) is 0 Å². The molecule has 0 aliphatic rings. The molecule has 0 saturated heterocycles. The minimum absolute atomic E-state index is 1.15. The first-order valence-corrected chi connectivity index (χ1v) is 7.28. The number of aliphatic hydroxyl groups is 2. The summed E-state index contributed by atoms with van der Waals surface area (Å²) in [6.07, 6.45) is -4.26. The first-order valence-electron chi connectivity index (χ1n) is 4.22. The number of phosphoric acid groups is 2. The summed E-state index contributed by atoms with van der Waals surface area (Å²) in [6, 6.07) is 0. The van der Waals surface area contributed by atoms with Crippen molar-refractivity contribution in [3.63, 3.8) is 0 Å². The standard InChI is InChI=1S/C5H12O11P2/c6-1-3(7)5(8)4(16-18(12,13)14)2-15-17(9,10)11/h4-6,8H,1-2H2,(H2,9,10,11)(H2,12,13,14)/t4-,5+/m1/s1. The van der Waals surface area contributed by atoms with E-state index in [1.807, 2.05) is 0 Å². The second-order valence-corrected chi connectivity index (χ2v) is 5.42. The molecule has 108 valence electrons. The van der Waals surface area contributed by atoms with Crippen LogP contribution < -0.4 is 0 Å². The molecule has 0 aromatic carbocycles. The molecule has 11 nitrogen and oxygen atoms in total. The van der Waals surface area contributed by atoms with E-state index in [-0.39, 0.29) is 0 Å². The topological polar surface area (TPSA) is 191 Å². The Balaban J connectivity index is 4.78. The second-order valence-electron chi connectivity index (χ2n) is 2.99. The van der Waals surface area contributed by atoms with Gasteiger partial charge in [0.1, 0.15) is 18.8 Å². The lowest BCUT2D eigenvalue weighted by Gasteiger charge is -2.21. The molecule has 0 aromatic rings. The summed E-state index contributed by atoms with van der Waals surface area (Å²) in [5.41, 5.74) is 0. The molecule has 0 saturated carbocycles. The summed E-state index contributed by atoms with van der Waals surface area (Å²) in [7, 11) is -10.1. The van der Waals surface area contributed by atoms with Crippen molar-refractivity contribution < 1.29 is 52.8 Å². The predicted octanol–water partition coefficient (Wildman–Crippen LogP) is -2.50. The predicted molar refractivity (Wildman–Crippen MR) is 53.0 cm³/mol. The van der Waals surface area contributed by atoms with Gasteiger partial charge in [-0.3, -0.25) is 13.8 Å². The largest absolute Gasteiger partial charge is 0.470 e. The third-order valence-electron chi connectivity index (χ3n) is 1.52. The maximum Gasteiger partial charge on any atom is 0.470 e. The molecule has 0 heterocycles. The number of Topliss-reactive ketones (excluding diaryl/α,β-unsaturated/α-hetero) is 1. The van der Waals surface area contributed by atoms with Crippen molar-refractivity contribution in [3.8, 4) is 0 Å². The Morgan fingerprint density at radius 2 is 1.61 bits per heavy atom. The summed E-state index contributed by atoms with van der Waals surface area (Å²) in [5.74, 6) is -1.26. The lowest BCUT2D eigenvalue weighted by atomic mass is 10.1. The molecule has 0 fully saturated rings. The zero-order valence-corrected chi connectivity index (χ0v) is 10.5. The zero-order valence-electron chi connectivity index (χ0n) is 8.69. The first kappa shape index (κ1) is 17.8. The number of hydrogen-bond donors (Lipinski definition) is 6. The van der Waals surface area contributed by atoms with Crippen LogP contribution in [0, 0.1) is 0 Å². The Hall–Kier alpha value is -0.190. The molecule has 0 aliphatic carbocycles. The highest BCUT2D eigenvalue weighted by Crippen LogP contribution is 2.41. The van der Waals surface area contributed by atoms with Gasteiger partial charge in [0.05, 0.1) is 6.61 Å². The molecule has 0 amide bonds. The van der Waals surface area contributed by atoms with Gasteiger partial charge in [0, 0.05) is 0 Å². The van der Waals surface area contributed by atoms with E-state index < -0.39 is 46.9 Å². The molecular formula is C5H12O11P2. The third kappa shape index (κ3) is 8.01. The normalized spacial score (nSPS) is 16.3. The van der Waals surface area contributed by atoms with Gasteiger partial charge in [0.15, 0.2) is 5.78 Å². The van der Waals surface area contributed by atoms with E-state index in [1.54, 1.807) is 0 Å². The van der Waals surface area contributed by atoms with Crippen molar-refractivity contribution in [2.24, 2.45) is 0 Å². The molecule has 0 unspecified atom stereocenters. The van der Waals surface area contributed by atoms with E-state index in [0.29, 0.717) is 0 Å². The van der Waals surface area contributed by atoms with Crippen molar-refractivity contribution >= 4 is 21.4 Å². The average molecular weight is 310 g/mol. The quantitative estimate of drug-likeness (QED) is 0.259. The summed E-state index contributed by atoms with van der Waals surface area (Å²) in [6.45, 7) is -2.32. The fourth-order valence-electron chi connectivity index (χ4n) is 0.827. The van der Waals surface area contributed by atoms with Crippen molar-refractivity contribution in [2.75, 3.05) is 13.2 Å². The van der Waals surface area contributed by atoms with Crippen LogP contribution in [0.1, 0.15) is 0 Å². The lowest BCUT2D eigenvalue weighted by Crippen LogP contribution is -2.40. The lowest BCUT2D eigenvalue weighted by molar-refractivity contribution is -0.136. The van der Waals surface area contributed by atoms with Gasteiger partial charge >= 0.3 is 15.6 Å². The molecule has 0 spiro atoms. The number of carbonyl (C=O) groups is 1. The van der Waals surface area contributed by atoms with Crippen LogP contribution in [0.3, 0.4) is 0 Å². The Labute approximate surface area is 100 Å². The summed E-state index contributed by atoms with van der Waals surface area (Å²) in [5, 5.41) is 17.7. The van der Waals surface area contributed by atoms with E-state index in [2.05, 4.69) is 9.05 Å². The highest BCUT2D eigenvalue weighted by atomic mass is 31.2. The summed E-state index contributed by atoms with van der Waals surface area (Å²) in [4.78, 5) is 44.6. The van der Waals surface area contributed by atoms with Gasteiger partial charge in [-0.1, -0.05) is 0 Å². The SMILES string of the molecule is O=C(CO)[C@H](O)[C@@H](COP(=O)(O)O)OP(=O)(O)O. The molecule has 18 heavy (non-hydrogen) atoms. The van der Waals surface area contributed by atoms with Crippen LogP contribution in [0.25, 0.3) is 0 Å². The van der Waals surface area contributed by atoms with E-state index in [0.717, 1.165) is 0 Å². The molecule has 6 N–H and O–H groups in total. The van der Waals surface area contributed by atoms with Crippen LogP contribution in [0.4, 0.5) is 0 Å². The van der Waals surface area contributed by atoms with Gasteiger partial charge in [-0.15, -0.1) is 0 Å². The van der Waals surface area contributed by atoms with Crippen LogP contribution in [-0.4, -0.2) is 61.0 Å². The maximum absolute atomic E-state index is 10.9. The molecule has 0 rings (SSSR count). The minimum Gasteiger partial charge on any atom is -0.388 e. The summed E-state index contributed by atoms with van der Waals surface area (Å²) < 4.78 is 28.7. The number of carbonyl (C=O) groups excluding carboxylic acids is 1. The molecule has 0 bridgehead atoms. The molecule has 0 aromatic heterocycles. The monoisotopic (exact) mass is 310 g/mol. The number of ketones is 1. The number of aliphatic hydroxyl groups excluding tert-OH is 2. The maximum atomic E-state index is 10.9. The Bertz CT molecular complexity index is 368. The number of rotatable bonds is 8. The van der Waals surface area contributed by atoms with Crippen molar-refractivity contribution in [1.29, 1.82) is 0 Å². The highest BCUT2D eigenvalue weighted by molar-refractivity contribution is 7.46. The van der Waals surface area contributed by atoms with Gasteiger partial charge < -0.3 is 29.8 Å². The van der Waals surface area contributed by atoms with Crippen LogP contribution in [0.15, 0.2) is 0 Å². The average Bonchev–Trinajstić information content (AvgIpc) is 2.19. The first-order chi connectivity index (χ1) is 7.96. The van der Waals surface area contributed by atoms with Gasteiger partial charge in [0.2, 0.25) is 0 Å². The molecular weight excluding hydrogens is 298 g/mol. The van der Waals surface area contributed by atoms with Crippen molar-refractivity contribution in [2.45, 2.75) is 12.2 Å². The van der Waals surface area contributed by atoms with E-state index in [4.69, 9.17) is 24.7 Å². The third-order valence-corrected chi connectivity index (χ3v) is 2.55. The number of hydrogen-bond acceptors (Lipinski definition) is 7. The van der Waals surface area contributed by atoms with Crippen LogP contribution >= 0.6 is 15.6 Å². The Kier molecular flexibility index (Phi) is 6.75. The minimum atomic E-state index is -5.13. The fourth-order valence-corrected chi connectivity index (χ4v) is 1.70. The number of phosphoric ester groups is 2. The molecule has 0 aliphatic heterocycles. The Morgan fingerprint density at radius 3 is 1.94 bits per heavy atom. The summed E-state index contributed by atoms with van der Waals surface area (Å²) >= 11 is 0. The molecule has 13 heteroatoms. The van der Waals surface area contributed by atoms with Crippen molar-refractivity contribution in [1.82, 2.24) is 0 Å². The fraction of sp³-hybridized carbons (Fsp3) is 0.800. The molecule has 2 atom stereocenters. The van der Waals surface area contributed by atoms with Crippen LogP contribution in [0.5, 0.6) is 0 Å². The van der Waals surface area contributed by atoms with Crippen LogP contribution in [-0.2, 0) is 23.0 Å². The van der Waals surface area contributed by atoms with E-state index in [1.165, 1.54) is 0 Å². The smallest absolute Gasteiger partial charge is 0.388 e. The highest BCUT2D eigenvalue weighted by Gasteiger charge is 2.34. The van der Waals surface area contributed by atoms with Gasteiger partial charge in [-0.05, 0) is 0 Å².